The largest absolute Gasteiger partial charge is 0.508 e. The summed E-state index contributed by atoms with van der Waals surface area (Å²) < 4.78 is 54.7. The first-order valence-electron chi connectivity index (χ1n) is 15.1. The lowest BCUT2D eigenvalue weighted by molar-refractivity contribution is -0.131. The van der Waals surface area contributed by atoms with Gasteiger partial charge in [0.1, 0.15) is 11.5 Å². The molecule has 0 aromatic heterocycles. The summed E-state index contributed by atoms with van der Waals surface area (Å²) in [5, 5.41) is 18.9. The first-order chi connectivity index (χ1) is 19.1. The zero-order valence-electron chi connectivity index (χ0n) is 27.1. The Balaban J connectivity index is 2.20. The van der Waals surface area contributed by atoms with Crippen molar-refractivity contribution in [1.29, 1.82) is 0 Å². The summed E-state index contributed by atoms with van der Waals surface area (Å²) in [6.07, 6.45) is -1.98. The Morgan fingerprint density at radius 2 is 1.10 bits per heavy atom. The molecule has 2 aromatic carbocycles. The molecule has 238 valence electrons. The number of hydrogen-bond donors (Lipinski definition) is 2. The molecule has 0 aliphatic heterocycles. The number of hydrogen-bond acceptors (Lipinski definition) is 4. The normalized spacial score (nSPS) is 15.0. The Bertz CT molecular complexity index is 1150. The molecule has 0 radical (unpaired) electrons. The maximum absolute atomic E-state index is 13.6. The van der Waals surface area contributed by atoms with Crippen LogP contribution in [0.2, 0.25) is 50.9 Å². The van der Waals surface area contributed by atoms with Gasteiger partial charge in [-0.3, -0.25) is 0 Å². The van der Waals surface area contributed by atoms with Crippen LogP contribution in [0.4, 0.5) is 13.2 Å². The van der Waals surface area contributed by atoms with Crippen LogP contribution in [-0.4, -0.2) is 51.5 Å². The first kappa shape index (κ1) is 36.6. The second kappa shape index (κ2) is 14.0. The first-order valence-corrected chi connectivity index (χ1v) is 24.0. The second-order valence-electron chi connectivity index (χ2n) is 14.2. The average Bonchev–Trinajstić information content (AvgIpc) is 2.83. The highest BCUT2D eigenvalue weighted by Crippen LogP contribution is 2.42. The van der Waals surface area contributed by atoms with Gasteiger partial charge in [-0.1, -0.05) is 62.0 Å². The molecule has 0 saturated heterocycles. The van der Waals surface area contributed by atoms with Crippen molar-refractivity contribution in [1.82, 2.24) is 0 Å². The van der Waals surface area contributed by atoms with E-state index >= 15 is 0 Å². The van der Waals surface area contributed by atoms with Crippen LogP contribution in [0.25, 0.3) is 0 Å². The lowest BCUT2D eigenvalue weighted by Crippen LogP contribution is -2.66. The minimum atomic E-state index is -4.27. The number of aryl methyl sites for hydroxylation is 2. The van der Waals surface area contributed by atoms with Crippen molar-refractivity contribution in [2.24, 2.45) is 0 Å². The zero-order chi connectivity index (χ0) is 32.0. The van der Waals surface area contributed by atoms with Gasteiger partial charge in [-0.25, -0.2) is 0 Å². The average molecular weight is 643 g/mol. The molecular weight excluding hydrogens is 590 g/mol. The summed E-state index contributed by atoms with van der Waals surface area (Å²) in [6.45, 7) is 18.7. The molecule has 0 aliphatic carbocycles. The van der Waals surface area contributed by atoms with E-state index in [1.54, 1.807) is 18.2 Å². The fourth-order valence-corrected chi connectivity index (χ4v) is 16.1. The van der Waals surface area contributed by atoms with Crippen LogP contribution >= 0.6 is 0 Å². The molecule has 4 nitrogen and oxygen atoms in total. The highest BCUT2D eigenvalue weighted by Gasteiger charge is 2.55. The van der Waals surface area contributed by atoms with Crippen molar-refractivity contribution in [3.63, 3.8) is 0 Å². The zero-order valence-corrected chi connectivity index (χ0v) is 30.1. The van der Waals surface area contributed by atoms with E-state index in [-0.39, 0.29) is 11.8 Å². The summed E-state index contributed by atoms with van der Waals surface area (Å²) in [5.41, 5.74) is 1.81. The van der Waals surface area contributed by atoms with E-state index in [0.29, 0.717) is 5.75 Å². The lowest BCUT2D eigenvalue weighted by atomic mass is 10.1. The molecule has 1 unspecified atom stereocenters. The minimum absolute atomic E-state index is 0.0579. The number of para-hydroxylation sites is 2. The van der Waals surface area contributed by atoms with Crippen molar-refractivity contribution in [2.75, 3.05) is 0 Å². The summed E-state index contributed by atoms with van der Waals surface area (Å²) in [4.78, 5) is 0. The van der Waals surface area contributed by atoms with E-state index in [4.69, 9.17) is 8.85 Å². The number of rotatable bonds is 16. The third-order valence-electron chi connectivity index (χ3n) is 9.26. The number of phenolic OH excluding ortho intramolecular Hbond substituents is 2. The van der Waals surface area contributed by atoms with Gasteiger partial charge in [-0.05, 0) is 102 Å². The Morgan fingerprint density at radius 3 is 1.55 bits per heavy atom. The van der Waals surface area contributed by atoms with Gasteiger partial charge >= 0.3 is 6.18 Å². The topological polar surface area (TPSA) is 58.9 Å². The molecule has 0 fully saturated rings. The van der Waals surface area contributed by atoms with Crippen molar-refractivity contribution < 1.29 is 32.2 Å². The maximum atomic E-state index is 13.6. The molecular formula is C32H53F3O4Si3. The molecule has 0 aliphatic rings. The van der Waals surface area contributed by atoms with Gasteiger partial charge in [-0.15, -0.1) is 0 Å². The number of halogens is 3. The fraction of sp³-hybridized carbons (Fsp3) is 0.625. The third-order valence-corrected chi connectivity index (χ3v) is 22.1. The minimum Gasteiger partial charge on any atom is -0.508 e. The van der Waals surface area contributed by atoms with Gasteiger partial charge in [0.2, 0.25) is 8.32 Å². The molecule has 0 heterocycles. The van der Waals surface area contributed by atoms with Crippen molar-refractivity contribution in [2.45, 2.75) is 127 Å². The summed E-state index contributed by atoms with van der Waals surface area (Å²) in [6, 6.07) is 16.4. The van der Waals surface area contributed by atoms with E-state index in [0.717, 1.165) is 48.9 Å². The predicted octanol–water partition coefficient (Wildman–Crippen LogP) is 9.77. The predicted molar refractivity (Wildman–Crippen MR) is 175 cm³/mol. The van der Waals surface area contributed by atoms with Gasteiger partial charge in [0.25, 0.3) is 0 Å². The number of benzene rings is 2. The van der Waals surface area contributed by atoms with E-state index in [1.807, 2.05) is 50.7 Å². The molecule has 2 N–H and O–H groups in total. The molecule has 10 heteroatoms. The smallest absolute Gasteiger partial charge is 0.388 e. The molecule has 0 spiro atoms. The Morgan fingerprint density at radius 1 is 0.643 bits per heavy atom. The van der Waals surface area contributed by atoms with Gasteiger partial charge < -0.3 is 19.1 Å². The standard InChI is InChI=1S/C32H53F3O4Si3/c1-30(2,40(5,6)23-14-18-26-16-10-12-20-28(26)36)39-42(9,25-22-32(33,34)35)31(3,4)38-41(7,8)24-15-19-27-17-11-13-21-29(27)37/h10-13,16-17,20-21,36-37H,14-15,18-19,22-25H2,1-9H3. The molecule has 0 saturated carbocycles. The van der Waals surface area contributed by atoms with Gasteiger partial charge in [0.15, 0.2) is 8.32 Å². The van der Waals surface area contributed by atoms with Crippen LogP contribution in [0.1, 0.15) is 58.1 Å². The number of alkyl halides is 3. The number of phenols is 2. The van der Waals surface area contributed by atoms with Crippen molar-refractivity contribution >= 4 is 24.7 Å². The molecule has 0 bridgehead atoms. The molecule has 2 rings (SSSR count). The van der Waals surface area contributed by atoms with Crippen LogP contribution in [-0.2, 0) is 21.7 Å². The van der Waals surface area contributed by atoms with Crippen LogP contribution in [0.5, 0.6) is 11.5 Å². The van der Waals surface area contributed by atoms with Crippen molar-refractivity contribution in [3.05, 3.63) is 59.7 Å². The Kier molecular flexibility index (Phi) is 12.2. The van der Waals surface area contributed by atoms with E-state index in [2.05, 4.69) is 40.0 Å². The van der Waals surface area contributed by atoms with E-state index in [9.17, 15) is 23.4 Å². The summed E-state index contributed by atoms with van der Waals surface area (Å²) >= 11 is 0. The fourth-order valence-electron chi connectivity index (χ4n) is 5.58. The number of aromatic hydroxyl groups is 2. The van der Waals surface area contributed by atoms with Gasteiger partial charge in [0, 0.05) is 11.6 Å². The van der Waals surface area contributed by atoms with Gasteiger partial charge in [0.05, 0.1) is 13.3 Å². The van der Waals surface area contributed by atoms with Crippen molar-refractivity contribution in [3.8, 4) is 11.5 Å². The summed E-state index contributed by atoms with van der Waals surface area (Å²) in [7, 11) is -7.53. The third kappa shape index (κ3) is 10.5. The van der Waals surface area contributed by atoms with Crippen LogP contribution in [0, 0.1) is 0 Å². The quantitative estimate of drug-likeness (QED) is 0.179. The maximum Gasteiger partial charge on any atom is 0.388 e. The second-order valence-corrected chi connectivity index (χ2v) is 28.2. The highest BCUT2D eigenvalue weighted by molar-refractivity contribution is 6.83. The van der Waals surface area contributed by atoms with Crippen LogP contribution < -0.4 is 0 Å². The molecule has 2 aromatic rings. The monoisotopic (exact) mass is 642 g/mol. The Hall–Kier alpha value is -1.60. The van der Waals surface area contributed by atoms with Crippen LogP contribution in [0.3, 0.4) is 0 Å². The molecule has 0 amide bonds. The SMILES string of the molecule is CC(C)(O[Si](C)(CCC(F)(F)F)C(C)(C)O[Si](C)(C)CCCc1ccccc1O)[Si](C)(C)CCCc1ccccc1O. The highest BCUT2D eigenvalue weighted by atomic mass is 28.4. The Labute approximate surface area is 254 Å². The lowest BCUT2D eigenvalue weighted by Gasteiger charge is -2.52. The molecule has 42 heavy (non-hydrogen) atoms. The van der Waals surface area contributed by atoms with Crippen LogP contribution in [0.15, 0.2) is 48.5 Å². The molecule has 1 atom stereocenters. The van der Waals surface area contributed by atoms with E-state index < -0.39 is 47.8 Å². The van der Waals surface area contributed by atoms with Gasteiger partial charge in [-0.2, -0.15) is 13.2 Å². The van der Waals surface area contributed by atoms with E-state index in [1.165, 1.54) is 0 Å². The summed E-state index contributed by atoms with van der Waals surface area (Å²) in [5.74, 6) is 0.583.